The average Bonchev–Trinajstić information content (AvgIpc) is 2.60. The van der Waals surface area contributed by atoms with Crippen molar-refractivity contribution in [2.75, 3.05) is 12.9 Å². The van der Waals surface area contributed by atoms with Crippen molar-refractivity contribution in [3.8, 4) is 11.1 Å². The summed E-state index contributed by atoms with van der Waals surface area (Å²) in [5.41, 5.74) is 2.81. The second kappa shape index (κ2) is 7.39. The molecule has 0 aromatic heterocycles. The van der Waals surface area contributed by atoms with E-state index < -0.39 is 16.1 Å². The van der Waals surface area contributed by atoms with Gasteiger partial charge in [-0.3, -0.25) is 4.18 Å². The molecule has 2 rings (SSSR count). The van der Waals surface area contributed by atoms with E-state index in [4.69, 9.17) is 8.92 Å². The third-order valence-electron chi connectivity index (χ3n) is 3.36. The lowest BCUT2D eigenvalue weighted by Crippen LogP contribution is -2.08. The van der Waals surface area contributed by atoms with Gasteiger partial charge in [-0.15, -0.1) is 0 Å². The van der Waals surface area contributed by atoms with Crippen LogP contribution in [-0.2, 0) is 25.6 Å². The van der Waals surface area contributed by atoms with Crippen LogP contribution in [0.5, 0.6) is 0 Å². The Hall–Kier alpha value is -2.18. The predicted octanol–water partition coefficient (Wildman–Crippen LogP) is 3.01. The summed E-state index contributed by atoms with van der Waals surface area (Å²) in [5, 5.41) is 0. The summed E-state index contributed by atoms with van der Waals surface area (Å²) in [5.74, 6) is -0.459. The van der Waals surface area contributed by atoms with Crippen molar-refractivity contribution in [1.29, 1.82) is 0 Å². The molecule has 0 aliphatic heterocycles. The Morgan fingerprint density at radius 1 is 1.04 bits per heavy atom. The predicted molar refractivity (Wildman–Crippen MR) is 87.5 cm³/mol. The minimum atomic E-state index is -3.46. The molecule has 0 fully saturated rings. The lowest BCUT2D eigenvalue weighted by Gasteiger charge is -2.09. The summed E-state index contributed by atoms with van der Waals surface area (Å²) in [7, 11) is -2.12. The van der Waals surface area contributed by atoms with Crippen LogP contribution in [0.4, 0.5) is 0 Å². The van der Waals surface area contributed by atoms with E-state index >= 15 is 0 Å². The van der Waals surface area contributed by atoms with Gasteiger partial charge in [-0.2, -0.15) is 8.42 Å². The molecule has 2 aromatic rings. The molecule has 5 nitrogen and oxygen atoms in total. The van der Waals surface area contributed by atoms with Crippen LogP contribution < -0.4 is 0 Å². The molecule has 0 bridgehead atoms. The van der Waals surface area contributed by atoms with E-state index in [1.54, 1.807) is 24.3 Å². The number of rotatable bonds is 6. The van der Waals surface area contributed by atoms with Crippen LogP contribution in [0, 0.1) is 0 Å². The summed E-state index contributed by atoms with van der Waals surface area (Å²) < 4.78 is 32.4. The third-order valence-corrected chi connectivity index (χ3v) is 4.54. The van der Waals surface area contributed by atoms with Gasteiger partial charge in [0.15, 0.2) is 0 Å². The molecular weight excluding hydrogens is 316 g/mol. The molecule has 0 spiro atoms. The number of benzene rings is 2. The fourth-order valence-electron chi connectivity index (χ4n) is 2.04. The van der Waals surface area contributed by atoms with E-state index in [0.717, 1.165) is 16.7 Å². The van der Waals surface area contributed by atoms with E-state index in [9.17, 15) is 13.2 Å². The van der Waals surface area contributed by atoms with Crippen LogP contribution in [0.2, 0.25) is 0 Å². The first-order valence-electron chi connectivity index (χ1n) is 7.10. The van der Waals surface area contributed by atoms with Crippen molar-refractivity contribution >= 4 is 16.1 Å². The molecule has 0 amide bonds. The summed E-state index contributed by atoms with van der Waals surface area (Å²) >= 11 is 0. The highest BCUT2D eigenvalue weighted by molar-refractivity contribution is 7.86. The van der Waals surface area contributed by atoms with Gasteiger partial charge in [0, 0.05) is 0 Å². The maximum atomic E-state index is 11.8. The maximum Gasteiger partial charge on any atom is 0.338 e. The summed E-state index contributed by atoms with van der Waals surface area (Å²) in [6, 6.07) is 14.3. The van der Waals surface area contributed by atoms with Crippen molar-refractivity contribution < 1.29 is 22.1 Å². The van der Waals surface area contributed by atoms with Gasteiger partial charge in [0.05, 0.1) is 25.0 Å². The van der Waals surface area contributed by atoms with Gasteiger partial charge >= 0.3 is 5.97 Å². The molecule has 0 aliphatic carbocycles. The Balaban J connectivity index is 2.22. The number of methoxy groups -OCH3 is 1. The molecule has 0 heterocycles. The molecule has 2 aromatic carbocycles. The SMILES string of the molecule is CCS(=O)(=O)OCc1ccc(-c2ccccc2C(=O)OC)cc1. The Morgan fingerprint density at radius 2 is 1.70 bits per heavy atom. The quantitative estimate of drug-likeness (QED) is 0.600. The van der Waals surface area contributed by atoms with Crippen molar-refractivity contribution in [3.63, 3.8) is 0 Å². The number of hydrogen-bond donors (Lipinski definition) is 0. The maximum absolute atomic E-state index is 11.8. The highest BCUT2D eigenvalue weighted by atomic mass is 32.2. The number of ether oxygens (including phenoxy) is 1. The highest BCUT2D eigenvalue weighted by Crippen LogP contribution is 2.25. The second-order valence-electron chi connectivity index (χ2n) is 4.84. The van der Waals surface area contributed by atoms with E-state index in [2.05, 4.69) is 0 Å². The van der Waals surface area contributed by atoms with Gasteiger partial charge in [-0.05, 0) is 29.7 Å². The van der Waals surface area contributed by atoms with Crippen LogP contribution >= 0.6 is 0 Å². The lowest BCUT2D eigenvalue weighted by atomic mass is 9.99. The van der Waals surface area contributed by atoms with E-state index in [0.29, 0.717) is 5.56 Å². The molecule has 23 heavy (non-hydrogen) atoms. The molecular formula is C17H18O5S. The number of carbonyl (C=O) groups excluding carboxylic acids is 1. The van der Waals surface area contributed by atoms with Crippen molar-refractivity contribution in [2.45, 2.75) is 13.5 Å². The van der Waals surface area contributed by atoms with Gasteiger partial charge in [-0.25, -0.2) is 4.79 Å². The largest absolute Gasteiger partial charge is 0.465 e. The Morgan fingerprint density at radius 3 is 2.30 bits per heavy atom. The molecule has 0 N–H and O–H groups in total. The smallest absolute Gasteiger partial charge is 0.338 e. The van der Waals surface area contributed by atoms with Gasteiger partial charge in [-0.1, -0.05) is 42.5 Å². The van der Waals surface area contributed by atoms with Gasteiger partial charge in [0.25, 0.3) is 10.1 Å². The first-order chi connectivity index (χ1) is 11.0. The fourth-order valence-corrected chi connectivity index (χ4v) is 2.53. The first-order valence-corrected chi connectivity index (χ1v) is 8.68. The van der Waals surface area contributed by atoms with E-state index in [1.807, 2.05) is 24.3 Å². The average molecular weight is 334 g/mol. The van der Waals surface area contributed by atoms with Crippen molar-refractivity contribution in [3.05, 3.63) is 59.7 Å². The summed E-state index contributed by atoms with van der Waals surface area (Å²) in [6.07, 6.45) is 0. The minimum absolute atomic E-state index is 0.00486. The summed E-state index contributed by atoms with van der Waals surface area (Å²) in [6.45, 7) is 1.53. The van der Waals surface area contributed by atoms with Crippen LogP contribution in [-0.4, -0.2) is 27.2 Å². The zero-order valence-corrected chi connectivity index (χ0v) is 13.8. The molecule has 0 saturated heterocycles. The van der Waals surface area contributed by atoms with Gasteiger partial charge in [0.2, 0.25) is 0 Å². The first kappa shape index (κ1) is 17.2. The molecule has 0 atom stereocenters. The van der Waals surface area contributed by atoms with Crippen LogP contribution in [0.15, 0.2) is 48.5 Å². The van der Waals surface area contributed by atoms with Crippen molar-refractivity contribution in [2.24, 2.45) is 0 Å². The van der Waals surface area contributed by atoms with E-state index in [1.165, 1.54) is 14.0 Å². The zero-order valence-electron chi connectivity index (χ0n) is 13.0. The zero-order chi connectivity index (χ0) is 16.9. The van der Waals surface area contributed by atoms with E-state index in [-0.39, 0.29) is 12.4 Å². The highest BCUT2D eigenvalue weighted by Gasteiger charge is 2.13. The fraction of sp³-hybridized carbons (Fsp3) is 0.235. The molecule has 0 radical (unpaired) electrons. The molecule has 122 valence electrons. The number of esters is 1. The second-order valence-corrected chi connectivity index (χ2v) is 6.77. The van der Waals surface area contributed by atoms with Crippen LogP contribution in [0.3, 0.4) is 0 Å². The van der Waals surface area contributed by atoms with Crippen LogP contribution in [0.1, 0.15) is 22.8 Å². The Kier molecular flexibility index (Phi) is 5.52. The van der Waals surface area contributed by atoms with Gasteiger partial charge < -0.3 is 4.74 Å². The van der Waals surface area contributed by atoms with Crippen molar-refractivity contribution in [1.82, 2.24) is 0 Å². The third kappa shape index (κ3) is 4.40. The monoisotopic (exact) mass is 334 g/mol. The Bertz CT molecular complexity index is 779. The Labute approximate surface area is 136 Å². The number of carbonyl (C=O) groups is 1. The van der Waals surface area contributed by atoms with Gasteiger partial charge in [0.1, 0.15) is 0 Å². The minimum Gasteiger partial charge on any atom is -0.465 e. The number of hydrogen-bond acceptors (Lipinski definition) is 5. The summed E-state index contributed by atoms with van der Waals surface area (Å²) in [4.78, 5) is 11.8. The molecule has 0 unspecified atom stereocenters. The molecule has 0 saturated carbocycles. The molecule has 0 aliphatic rings. The standard InChI is InChI=1S/C17H18O5S/c1-3-23(19,20)22-12-13-8-10-14(11-9-13)15-6-4-5-7-16(15)17(18)21-2/h4-11H,3,12H2,1-2H3. The topological polar surface area (TPSA) is 69.7 Å². The molecule has 6 heteroatoms. The normalized spacial score (nSPS) is 11.2. The van der Waals surface area contributed by atoms with Crippen LogP contribution in [0.25, 0.3) is 11.1 Å². The lowest BCUT2D eigenvalue weighted by molar-refractivity contribution is 0.0601.